The van der Waals surface area contributed by atoms with Crippen LogP contribution in [-0.2, 0) is 4.79 Å². The van der Waals surface area contributed by atoms with Gasteiger partial charge in [-0.2, -0.15) is 0 Å². The van der Waals surface area contributed by atoms with Gasteiger partial charge in [-0.3, -0.25) is 14.7 Å². The average molecular weight is 373 g/mol. The molecule has 1 amide bonds. The van der Waals surface area contributed by atoms with E-state index in [1.54, 1.807) is 12.4 Å². The summed E-state index contributed by atoms with van der Waals surface area (Å²) in [5, 5.41) is 20.9. The molecule has 2 aliphatic rings. The Kier molecular flexibility index (Phi) is 5.16. The first-order valence-electron chi connectivity index (χ1n) is 8.92. The third kappa shape index (κ3) is 3.88. The summed E-state index contributed by atoms with van der Waals surface area (Å²) in [6, 6.07) is 7.85. The van der Waals surface area contributed by atoms with Gasteiger partial charge in [0.25, 0.3) is 0 Å². The predicted octanol–water partition coefficient (Wildman–Crippen LogP) is 1.62. The van der Waals surface area contributed by atoms with Gasteiger partial charge in [0.15, 0.2) is 0 Å². The second-order valence-corrected chi connectivity index (χ2v) is 7.86. The second kappa shape index (κ2) is 7.71. The third-order valence-electron chi connectivity index (χ3n) is 4.81. The maximum absolute atomic E-state index is 12.2. The topological polar surface area (TPSA) is 89.5 Å². The van der Waals surface area contributed by atoms with Gasteiger partial charge >= 0.3 is 0 Å². The highest BCUT2D eigenvalue weighted by molar-refractivity contribution is 7.16. The monoisotopic (exact) mass is 373 g/mol. The SMILES string of the molecule is O=C(Nc1ccc(C(O)N2CC(Nc3ccncc3)C2)s1)[C@@H]1CCCN1. The second-order valence-electron chi connectivity index (χ2n) is 6.74. The molecule has 0 bridgehead atoms. The van der Waals surface area contributed by atoms with E-state index in [-0.39, 0.29) is 11.9 Å². The van der Waals surface area contributed by atoms with Crippen molar-refractivity contribution < 1.29 is 9.90 Å². The Hall–Kier alpha value is -2.00. The molecule has 0 spiro atoms. The van der Waals surface area contributed by atoms with Crippen LogP contribution < -0.4 is 16.0 Å². The molecule has 26 heavy (non-hydrogen) atoms. The molecule has 0 radical (unpaired) electrons. The zero-order valence-electron chi connectivity index (χ0n) is 14.4. The van der Waals surface area contributed by atoms with Crippen molar-refractivity contribution in [2.45, 2.75) is 31.2 Å². The maximum Gasteiger partial charge on any atom is 0.242 e. The number of carbonyl (C=O) groups excluding carboxylic acids is 1. The first kappa shape index (κ1) is 17.4. The predicted molar refractivity (Wildman–Crippen MR) is 102 cm³/mol. The molecule has 2 saturated heterocycles. The van der Waals surface area contributed by atoms with E-state index in [4.69, 9.17) is 0 Å². The molecule has 0 aliphatic carbocycles. The van der Waals surface area contributed by atoms with Crippen LogP contribution in [0, 0.1) is 0 Å². The number of nitrogens with one attached hydrogen (secondary N) is 3. The average Bonchev–Trinajstić information content (AvgIpc) is 3.30. The number of hydrogen-bond donors (Lipinski definition) is 4. The molecule has 1 unspecified atom stereocenters. The highest BCUT2D eigenvalue weighted by Crippen LogP contribution is 2.32. The van der Waals surface area contributed by atoms with Crippen LogP contribution in [0.3, 0.4) is 0 Å². The number of pyridine rings is 1. The molecule has 2 atom stereocenters. The van der Waals surface area contributed by atoms with Crippen molar-refractivity contribution in [1.82, 2.24) is 15.2 Å². The summed E-state index contributed by atoms with van der Waals surface area (Å²) in [5.74, 6) is 0.0101. The van der Waals surface area contributed by atoms with Gasteiger partial charge in [-0.25, -0.2) is 0 Å². The minimum Gasteiger partial charge on any atom is -0.380 e. The summed E-state index contributed by atoms with van der Waals surface area (Å²) in [7, 11) is 0. The molecule has 2 fully saturated rings. The van der Waals surface area contributed by atoms with Crippen LogP contribution in [0.25, 0.3) is 0 Å². The number of amides is 1. The molecular formula is C18H23N5O2S. The molecule has 8 heteroatoms. The molecule has 2 aliphatic heterocycles. The molecule has 0 saturated carbocycles. The van der Waals surface area contributed by atoms with Gasteiger partial charge in [0, 0.05) is 31.2 Å². The molecule has 4 heterocycles. The van der Waals surface area contributed by atoms with Crippen LogP contribution >= 0.6 is 11.3 Å². The normalized spacial score (nSPS) is 22.0. The van der Waals surface area contributed by atoms with Gasteiger partial charge < -0.3 is 21.1 Å². The van der Waals surface area contributed by atoms with Crippen LogP contribution in [0.4, 0.5) is 10.7 Å². The number of aromatic nitrogens is 1. The summed E-state index contributed by atoms with van der Waals surface area (Å²) in [5.41, 5.74) is 1.04. The largest absolute Gasteiger partial charge is 0.380 e. The lowest BCUT2D eigenvalue weighted by Gasteiger charge is -2.42. The van der Waals surface area contributed by atoms with E-state index in [0.29, 0.717) is 6.04 Å². The van der Waals surface area contributed by atoms with E-state index < -0.39 is 6.23 Å². The number of likely N-dealkylation sites (tertiary alicyclic amines) is 1. The fraction of sp³-hybridized carbons (Fsp3) is 0.444. The smallest absolute Gasteiger partial charge is 0.242 e. The first-order valence-corrected chi connectivity index (χ1v) is 9.73. The molecule has 2 aromatic rings. The van der Waals surface area contributed by atoms with Crippen molar-refractivity contribution in [3.8, 4) is 0 Å². The summed E-state index contributed by atoms with van der Waals surface area (Å²) in [6.45, 7) is 2.44. The third-order valence-corrected chi connectivity index (χ3v) is 5.85. The lowest BCUT2D eigenvalue weighted by molar-refractivity contribution is -0.117. The number of anilines is 2. The summed E-state index contributed by atoms with van der Waals surface area (Å²) >= 11 is 1.43. The van der Waals surface area contributed by atoms with Crippen molar-refractivity contribution in [2.24, 2.45) is 0 Å². The Labute approximate surface area is 156 Å². The van der Waals surface area contributed by atoms with E-state index in [9.17, 15) is 9.90 Å². The zero-order chi connectivity index (χ0) is 17.9. The van der Waals surface area contributed by atoms with Gasteiger partial charge in [0.05, 0.1) is 22.0 Å². The summed E-state index contributed by atoms with van der Waals surface area (Å²) < 4.78 is 0. The Morgan fingerprint density at radius 2 is 2.12 bits per heavy atom. The number of aliphatic hydroxyl groups is 1. The number of thiophene rings is 1. The molecule has 4 rings (SSSR count). The Morgan fingerprint density at radius 3 is 2.85 bits per heavy atom. The number of hydrogen-bond acceptors (Lipinski definition) is 7. The first-order chi connectivity index (χ1) is 12.7. The van der Waals surface area contributed by atoms with E-state index in [1.165, 1.54) is 11.3 Å². The molecule has 138 valence electrons. The highest BCUT2D eigenvalue weighted by atomic mass is 32.1. The van der Waals surface area contributed by atoms with Gasteiger partial charge in [-0.05, 0) is 43.7 Å². The van der Waals surface area contributed by atoms with Crippen molar-refractivity contribution in [3.63, 3.8) is 0 Å². The fourth-order valence-corrected chi connectivity index (χ4v) is 4.28. The molecule has 4 N–H and O–H groups in total. The Bertz CT molecular complexity index is 741. The summed E-state index contributed by atoms with van der Waals surface area (Å²) in [4.78, 5) is 19.0. The minimum absolute atomic E-state index is 0.0101. The van der Waals surface area contributed by atoms with Crippen molar-refractivity contribution in [3.05, 3.63) is 41.5 Å². The van der Waals surface area contributed by atoms with Gasteiger partial charge in [-0.15, -0.1) is 11.3 Å². The van der Waals surface area contributed by atoms with Crippen molar-refractivity contribution >= 4 is 27.9 Å². The minimum atomic E-state index is -0.634. The standard InChI is InChI=1S/C18H23N5O2S/c24-17(14-2-1-7-20-14)22-16-4-3-15(26-16)18(25)23-10-13(11-23)21-12-5-8-19-9-6-12/h3-6,8-9,13-14,18,20,25H,1-2,7,10-11H2,(H,19,21)(H,22,24)/t14-,18?/m0/s1. The van der Waals surface area contributed by atoms with Crippen LogP contribution in [0.5, 0.6) is 0 Å². The van der Waals surface area contributed by atoms with E-state index in [1.807, 2.05) is 29.2 Å². The van der Waals surface area contributed by atoms with E-state index in [0.717, 1.165) is 48.0 Å². The Balaban J connectivity index is 1.27. The molecular weight excluding hydrogens is 350 g/mol. The number of rotatable bonds is 6. The van der Waals surface area contributed by atoms with E-state index in [2.05, 4.69) is 20.9 Å². The number of nitrogens with zero attached hydrogens (tertiary/aromatic N) is 2. The van der Waals surface area contributed by atoms with Crippen molar-refractivity contribution in [2.75, 3.05) is 30.3 Å². The number of carbonyl (C=O) groups is 1. The van der Waals surface area contributed by atoms with Crippen LogP contribution in [0.1, 0.15) is 23.9 Å². The van der Waals surface area contributed by atoms with Gasteiger partial charge in [0.1, 0.15) is 6.23 Å². The number of aliphatic hydroxyl groups excluding tert-OH is 1. The fourth-order valence-electron chi connectivity index (χ4n) is 3.34. The zero-order valence-corrected chi connectivity index (χ0v) is 15.2. The molecule has 7 nitrogen and oxygen atoms in total. The maximum atomic E-state index is 12.2. The lowest BCUT2D eigenvalue weighted by atomic mass is 10.1. The van der Waals surface area contributed by atoms with Crippen molar-refractivity contribution in [1.29, 1.82) is 0 Å². The quantitative estimate of drug-likeness (QED) is 0.615. The van der Waals surface area contributed by atoms with Gasteiger partial charge in [0.2, 0.25) is 5.91 Å². The molecule has 2 aromatic heterocycles. The van der Waals surface area contributed by atoms with E-state index >= 15 is 0 Å². The van der Waals surface area contributed by atoms with Crippen LogP contribution in [0.15, 0.2) is 36.7 Å². The van der Waals surface area contributed by atoms with Crippen LogP contribution in [-0.4, -0.2) is 52.6 Å². The molecule has 0 aromatic carbocycles. The Morgan fingerprint density at radius 1 is 1.31 bits per heavy atom. The summed E-state index contributed by atoms with van der Waals surface area (Å²) in [6.07, 6.45) is 4.81. The van der Waals surface area contributed by atoms with Gasteiger partial charge in [-0.1, -0.05) is 0 Å². The highest BCUT2D eigenvalue weighted by Gasteiger charge is 2.33. The lowest BCUT2D eigenvalue weighted by Crippen LogP contribution is -2.55. The van der Waals surface area contributed by atoms with Crippen LogP contribution in [0.2, 0.25) is 0 Å².